The zero-order valence-corrected chi connectivity index (χ0v) is 10.8. The molecule has 0 bridgehead atoms. The first-order valence-electron chi connectivity index (χ1n) is 6.34. The van der Waals surface area contributed by atoms with Gasteiger partial charge in [-0.25, -0.2) is 0 Å². The number of ether oxygens (including phenoxy) is 1. The lowest BCUT2D eigenvalue weighted by molar-refractivity contribution is 0.0793. The molecule has 1 saturated heterocycles. The highest BCUT2D eigenvalue weighted by Crippen LogP contribution is 2.14. The second-order valence-corrected chi connectivity index (χ2v) is 4.89. The largest absolute Gasteiger partial charge is 0.377 e. The maximum absolute atomic E-state index is 11.0. The molecule has 0 saturated carbocycles. The van der Waals surface area contributed by atoms with Crippen molar-refractivity contribution in [3.63, 3.8) is 0 Å². The van der Waals surface area contributed by atoms with Crippen LogP contribution in [0, 0.1) is 0 Å². The topological polar surface area (TPSA) is 55.6 Å². The van der Waals surface area contributed by atoms with Crippen molar-refractivity contribution in [2.45, 2.75) is 25.5 Å². The van der Waals surface area contributed by atoms with Crippen LogP contribution in [0.5, 0.6) is 0 Å². The van der Waals surface area contributed by atoms with Gasteiger partial charge in [0.2, 0.25) is 5.91 Å². The van der Waals surface area contributed by atoms with Crippen LogP contribution >= 0.6 is 0 Å². The van der Waals surface area contributed by atoms with Crippen LogP contribution in [0.3, 0.4) is 0 Å². The van der Waals surface area contributed by atoms with Crippen molar-refractivity contribution < 1.29 is 9.53 Å². The number of rotatable bonds is 5. The summed E-state index contributed by atoms with van der Waals surface area (Å²) in [7, 11) is 2.09. The molecule has 1 aromatic rings. The molecule has 4 heteroatoms. The summed E-state index contributed by atoms with van der Waals surface area (Å²) in [5.74, 6) is -0.380. The van der Waals surface area contributed by atoms with E-state index < -0.39 is 0 Å². The van der Waals surface area contributed by atoms with Gasteiger partial charge >= 0.3 is 0 Å². The van der Waals surface area contributed by atoms with Crippen LogP contribution in [-0.4, -0.2) is 37.1 Å². The molecule has 2 rings (SSSR count). The average molecular weight is 248 g/mol. The molecule has 0 unspecified atom stereocenters. The van der Waals surface area contributed by atoms with E-state index in [-0.39, 0.29) is 5.91 Å². The van der Waals surface area contributed by atoms with Gasteiger partial charge in [-0.1, -0.05) is 12.1 Å². The van der Waals surface area contributed by atoms with E-state index in [1.54, 1.807) is 12.1 Å². The van der Waals surface area contributed by atoms with Gasteiger partial charge in [0.1, 0.15) is 0 Å². The number of amides is 1. The summed E-state index contributed by atoms with van der Waals surface area (Å²) in [5.41, 5.74) is 6.95. The summed E-state index contributed by atoms with van der Waals surface area (Å²) < 4.78 is 5.61. The van der Waals surface area contributed by atoms with E-state index in [0.29, 0.717) is 11.7 Å². The van der Waals surface area contributed by atoms with Gasteiger partial charge in [0.05, 0.1) is 6.10 Å². The molecule has 4 nitrogen and oxygen atoms in total. The summed E-state index contributed by atoms with van der Waals surface area (Å²) in [6.45, 7) is 2.71. The number of nitrogens with zero attached hydrogens (tertiary/aromatic N) is 1. The van der Waals surface area contributed by atoms with Crippen molar-refractivity contribution in [2.75, 3.05) is 20.2 Å². The molecule has 1 aromatic carbocycles. The summed E-state index contributed by atoms with van der Waals surface area (Å²) in [6.07, 6.45) is 2.71. The molecule has 1 aliphatic rings. The normalized spacial score (nSPS) is 19.3. The van der Waals surface area contributed by atoms with Crippen LogP contribution in [-0.2, 0) is 11.3 Å². The highest BCUT2D eigenvalue weighted by Gasteiger charge is 2.17. The maximum atomic E-state index is 11.0. The fourth-order valence-corrected chi connectivity index (χ4v) is 2.29. The summed E-state index contributed by atoms with van der Waals surface area (Å²) in [4.78, 5) is 13.2. The molecule has 1 aliphatic heterocycles. The Balaban J connectivity index is 1.86. The number of hydrogen-bond acceptors (Lipinski definition) is 3. The van der Waals surface area contributed by atoms with Crippen molar-refractivity contribution in [3.05, 3.63) is 35.4 Å². The molecule has 0 radical (unpaired) electrons. The number of carbonyl (C=O) groups is 1. The summed E-state index contributed by atoms with van der Waals surface area (Å²) >= 11 is 0. The van der Waals surface area contributed by atoms with Crippen molar-refractivity contribution in [2.24, 2.45) is 5.73 Å². The molecule has 1 atom stereocenters. The molecule has 0 aliphatic carbocycles. The molecule has 1 fully saturated rings. The minimum Gasteiger partial charge on any atom is -0.377 e. The first-order valence-corrected chi connectivity index (χ1v) is 6.34. The molecule has 0 aromatic heterocycles. The highest BCUT2D eigenvalue weighted by atomic mass is 16.5. The summed E-state index contributed by atoms with van der Waals surface area (Å²) in [6, 6.07) is 7.45. The minimum absolute atomic E-state index is 0.375. The van der Waals surface area contributed by atoms with E-state index >= 15 is 0 Å². The van der Waals surface area contributed by atoms with Crippen LogP contribution in [0.15, 0.2) is 24.3 Å². The molecule has 2 N–H and O–H groups in total. The van der Waals surface area contributed by atoms with Crippen molar-refractivity contribution in [1.29, 1.82) is 0 Å². The fourth-order valence-electron chi connectivity index (χ4n) is 2.29. The third-order valence-corrected chi connectivity index (χ3v) is 3.23. The monoisotopic (exact) mass is 248 g/mol. The molecule has 1 heterocycles. The molecular formula is C14H20N2O2. The Morgan fingerprint density at radius 3 is 2.72 bits per heavy atom. The van der Waals surface area contributed by atoms with Crippen LogP contribution < -0.4 is 5.73 Å². The Morgan fingerprint density at radius 2 is 2.17 bits per heavy atom. The van der Waals surface area contributed by atoms with E-state index in [4.69, 9.17) is 10.5 Å². The highest BCUT2D eigenvalue weighted by molar-refractivity contribution is 5.92. The average Bonchev–Trinajstić information content (AvgIpc) is 2.82. The zero-order valence-electron chi connectivity index (χ0n) is 10.8. The van der Waals surface area contributed by atoms with Crippen LogP contribution in [0.2, 0.25) is 0 Å². The first-order chi connectivity index (χ1) is 8.65. The van der Waals surface area contributed by atoms with Crippen molar-refractivity contribution in [1.82, 2.24) is 4.90 Å². The van der Waals surface area contributed by atoms with Crippen LogP contribution in [0.25, 0.3) is 0 Å². The van der Waals surface area contributed by atoms with Gasteiger partial charge in [0.15, 0.2) is 0 Å². The standard InChI is InChI=1S/C14H20N2O2/c1-16(10-13-3-2-8-18-13)9-11-4-6-12(7-5-11)14(15)17/h4-7,13H,2-3,8-10H2,1H3,(H2,15,17)/t13-/m1/s1. The van der Waals surface area contributed by atoms with Crippen molar-refractivity contribution in [3.8, 4) is 0 Å². The Kier molecular flexibility index (Phi) is 4.33. The van der Waals surface area contributed by atoms with Gasteiger partial charge in [-0.3, -0.25) is 9.69 Å². The number of nitrogens with two attached hydrogens (primary N) is 1. The quantitative estimate of drug-likeness (QED) is 0.857. The van der Waals surface area contributed by atoms with E-state index in [9.17, 15) is 4.79 Å². The zero-order chi connectivity index (χ0) is 13.0. The number of benzene rings is 1. The summed E-state index contributed by atoms with van der Waals surface area (Å²) in [5, 5.41) is 0. The Morgan fingerprint density at radius 1 is 1.44 bits per heavy atom. The molecule has 1 amide bonds. The fraction of sp³-hybridized carbons (Fsp3) is 0.500. The molecule has 18 heavy (non-hydrogen) atoms. The lowest BCUT2D eigenvalue weighted by atomic mass is 10.1. The third-order valence-electron chi connectivity index (χ3n) is 3.23. The van der Waals surface area contributed by atoms with Gasteiger partial charge in [-0.15, -0.1) is 0 Å². The van der Waals surface area contributed by atoms with Gasteiger partial charge in [-0.05, 0) is 37.6 Å². The maximum Gasteiger partial charge on any atom is 0.248 e. The third kappa shape index (κ3) is 3.55. The van der Waals surface area contributed by atoms with Crippen LogP contribution in [0.4, 0.5) is 0 Å². The van der Waals surface area contributed by atoms with Gasteiger partial charge in [0, 0.05) is 25.3 Å². The van der Waals surface area contributed by atoms with Crippen LogP contribution in [0.1, 0.15) is 28.8 Å². The molecule has 0 spiro atoms. The Labute approximate surface area is 108 Å². The number of likely N-dealkylation sites (N-methyl/N-ethyl adjacent to an activating group) is 1. The number of carbonyl (C=O) groups excluding carboxylic acids is 1. The number of primary amides is 1. The van der Waals surface area contributed by atoms with E-state index in [2.05, 4.69) is 11.9 Å². The van der Waals surface area contributed by atoms with Crippen molar-refractivity contribution >= 4 is 5.91 Å². The lowest BCUT2D eigenvalue weighted by Crippen LogP contribution is -2.28. The van der Waals surface area contributed by atoms with E-state index in [0.717, 1.165) is 26.1 Å². The Bertz CT molecular complexity index is 397. The van der Waals surface area contributed by atoms with Gasteiger partial charge < -0.3 is 10.5 Å². The van der Waals surface area contributed by atoms with E-state index in [1.807, 2.05) is 12.1 Å². The van der Waals surface area contributed by atoms with Gasteiger partial charge in [-0.2, -0.15) is 0 Å². The Hall–Kier alpha value is -1.39. The van der Waals surface area contributed by atoms with E-state index in [1.165, 1.54) is 12.0 Å². The second-order valence-electron chi connectivity index (χ2n) is 4.89. The predicted octanol–water partition coefficient (Wildman–Crippen LogP) is 1.40. The lowest BCUT2D eigenvalue weighted by Gasteiger charge is -2.20. The predicted molar refractivity (Wildman–Crippen MR) is 70.3 cm³/mol. The minimum atomic E-state index is -0.380. The molecular weight excluding hydrogens is 228 g/mol. The smallest absolute Gasteiger partial charge is 0.248 e. The molecule has 98 valence electrons. The van der Waals surface area contributed by atoms with Gasteiger partial charge in [0.25, 0.3) is 0 Å². The SMILES string of the molecule is CN(Cc1ccc(C(N)=O)cc1)C[C@H]1CCCO1. The number of hydrogen-bond donors (Lipinski definition) is 1. The first kappa shape index (κ1) is 13.1. The second kappa shape index (κ2) is 5.98.